The monoisotopic (exact) mass is 499 g/mol. The van der Waals surface area contributed by atoms with Gasteiger partial charge in [-0.05, 0) is 0 Å². The van der Waals surface area contributed by atoms with Gasteiger partial charge in [0.05, 0.1) is 0 Å². The number of halogens is 2. The van der Waals surface area contributed by atoms with E-state index in [0.717, 1.165) is 27.7 Å². The molecule has 3 aromatic carbocycles. The van der Waals surface area contributed by atoms with Crippen LogP contribution in [0.1, 0.15) is 25.0 Å². The Hall–Kier alpha value is -2.39. The maximum absolute atomic E-state index is 13.8. The van der Waals surface area contributed by atoms with Gasteiger partial charge in [-0.15, -0.1) is 0 Å². The molecule has 0 spiro atoms. The van der Waals surface area contributed by atoms with Gasteiger partial charge in [-0.1, -0.05) is 0 Å². The molecule has 1 atom stereocenters. The summed E-state index contributed by atoms with van der Waals surface area (Å²) in [5, 5.41) is 1.45. The molecule has 5 heteroatoms. The Bertz CT molecular complexity index is 1130. The fraction of sp³-hybridized carbons (Fsp3) is 0.192. The second-order valence-electron chi connectivity index (χ2n) is 7.94. The molecular formula is C26H23ClFNOSe. The van der Waals surface area contributed by atoms with Crippen LogP contribution < -0.4 is 4.46 Å². The van der Waals surface area contributed by atoms with Gasteiger partial charge >= 0.3 is 194 Å². The molecule has 31 heavy (non-hydrogen) atoms. The molecular weight excluding hydrogens is 476 g/mol. The van der Waals surface area contributed by atoms with Crippen molar-refractivity contribution < 1.29 is 9.18 Å². The van der Waals surface area contributed by atoms with E-state index in [4.69, 9.17) is 11.6 Å². The second kappa shape index (κ2) is 9.00. The van der Waals surface area contributed by atoms with Crippen LogP contribution in [0.15, 0.2) is 84.4 Å². The van der Waals surface area contributed by atoms with E-state index in [1.165, 1.54) is 16.6 Å². The van der Waals surface area contributed by atoms with E-state index in [1.54, 1.807) is 12.1 Å². The summed E-state index contributed by atoms with van der Waals surface area (Å²) in [6.07, 6.45) is 0. The molecule has 0 aliphatic carbocycles. The van der Waals surface area contributed by atoms with Crippen LogP contribution in [0.2, 0.25) is 10.3 Å². The van der Waals surface area contributed by atoms with E-state index < -0.39 is 5.41 Å². The Labute approximate surface area is 193 Å². The molecule has 0 aromatic heterocycles. The van der Waals surface area contributed by atoms with Gasteiger partial charge in [0.15, 0.2) is 0 Å². The fourth-order valence-electron chi connectivity index (χ4n) is 3.87. The molecule has 4 rings (SSSR count). The summed E-state index contributed by atoms with van der Waals surface area (Å²) in [6.45, 7) is 4.56. The van der Waals surface area contributed by atoms with Crippen molar-refractivity contribution in [1.82, 2.24) is 4.90 Å². The Morgan fingerprint density at radius 2 is 1.71 bits per heavy atom. The number of hydrogen-bond acceptors (Lipinski definition) is 1. The van der Waals surface area contributed by atoms with Gasteiger partial charge in [0.25, 0.3) is 0 Å². The molecule has 0 N–H and O–H groups in total. The SMILES string of the molecule is CC1=C(c2ccc(F)cc2)N(Cc2ccccc2)C(=O)C1(C)C[Se]c1cccc(Cl)c1. The Morgan fingerprint density at radius 1 is 1.00 bits per heavy atom. The third-order valence-corrected chi connectivity index (χ3v) is 8.78. The third-order valence-electron chi connectivity index (χ3n) is 5.79. The van der Waals surface area contributed by atoms with E-state index in [0.29, 0.717) is 11.6 Å². The summed E-state index contributed by atoms with van der Waals surface area (Å²) < 4.78 is 14.8. The molecule has 0 bridgehead atoms. The number of rotatable bonds is 6. The van der Waals surface area contributed by atoms with Gasteiger partial charge < -0.3 is 0 Å². The van der Waals surface area contributed by atoms with Gasteiger partial charge in [-0.25, -0.2) is 0 Å². The van der Waals surface area contributed by atoms with Crippen LogP contribution in [0.25, 0.3) is 5.70 Å². The van der Waals surface area contributed by atoms with Crippen molar-refractivity contribution in [3.63, 3.8) is 0 Å². The second-order valence-corrected chi connectivity index (χ2v) is 10.6. The number of benzene rings is 3. The van der Waals surface area contributed by atoms with Gasteiger partial charge in [-0.2, -0.15) is 0 Å². The molecule has 2 nitrogen and oxygen atoms in total. The van der Waals surface area contributed by atoms with Crippen molar-refractivity contribution in [2.45, 2.75) is 25.7 Å². The van der Waals surface area contributed by atoms with E-state index in [9.17, 15) is 9.18 Å². The first-order valence-corrected chi connectivity index (χ1v) is 12.5. The van der Waals surface area contributed by atoms with Crippen molar-refractivity contribution in [3.8, 4) is 0 Å². The van der Waals surface area contributed by atoms with Crippen molar-refractivity contribution in [2.75, 3.05) is 0 Å². The summed E-state index contributed by atoms with van der Waals surface area (Å²) >= 11 is 6.25. The van der Waals surface area contributed by atoms with E-state index in [1.807, 2.05) is 67.3 Å². The van der Waals surface area contributed by atoms with Crippen molar-refractivity contribution in [3.05, 3.63) is 106 Å². The summed E-state index contributed by atoms with van der Waals surface area (Å²) in [4.78, 5) is 15.6. The Balaban J connectivity index is 1.71. The number of nitrogens with zero attached hydrogens (tertiary/aromatic N) is 1. The van der Waals surface area contributed by atoms with Crippen molar-refractivity contribution in [2.24, 2.45) is 5.41 Å². The van der Waals surface area contributed by atoms with Crippen LogP contribution in [-0.4, -0.2) is 25.8 Å². The molecule has 158 valence electrons. The number of amides is 1. The first-order chi connectivity index (χ1) is 14.9. The first-order valence-electron chi connectivity index (χ1n) is 10.1. The molecule has 1 amide bonds. The van der Waals surface area contributed by atoms with Gasteiger partial charge in [0, 0.05) is 0 Å². The number of carbonyl (C=O) groups is 1. The summed E-state index contributed by atoms with van der Waals surface area (Å²) in [5.74, 6) is -0.190. The number of hydrogen-bond donors (Lipinski definition) is 0. The minimum atomic E-state index is -0.610. The van der Waals surface area contributed by atoms with Crippen LogP contribution in [0.3, 0.4) is 0 Å². The zero-order chi connectivity index (χ0) is 22.0. The number of carbonyl (C=O) groups excluding carboxylic acids is 1. The van der Waals surface area contributed by atoms with E-state index in [-0.39, 0.29) is 26.7 Å². The predicted molar refractivity (Wildman–Crippen MR) is 126 cm³/mol. The Kier molecular flexibility index (Phi) is 6.34. The van der Waals surface area contributed by atoms with Crippen LogP contribution in [-0.2, 0) is 11.3 Å². The van der Waals surface area contributed by atoms with Crippen LogP contribution >= 0.6 is 11.6 Å². The maximum atomic E-state index is 13.8. The molecule has 0 saturated carbocycles. The third kappa shape index (κ3) is 4.48. The molecule has 0 radical (unpaired) electrons. The molecule has 1 aliphatic heterocycles. The molecule has 1 aliphatic rings. The topological polar surface area (TPSA) is 20.3 Å². The average molecular weight is 499 g/mol. The standard InChI is InChI=1S/C26H23ClFNOSe/c1-18-24(20-11-13-22(28)14-12-20)29(16-19-7-4-3-5-8-19)25(30)26(18,2)17-31-23-10-6-9-21(27)15-23/h3-15H,16-17H2,1-2H3. The molecule has 3 aromatic rings. The summed E-state index contributed by atoms with van der Waals surface area (Å²) in [7, 11) is 0. The van der Waals surface area contributed by atoms with Crippen LogP contribution in [0.5, 0.6) is 0 Å². The van der Waals surface area contributed by atoms with Crippen LogP contribution in [0.4, 0.5) is 4.39 Å². The molecule has 1 unspecified atom stereocenters. The van der Waals surface area contributed by atoms with Gasteiger partial charge in [0.2, 0.25) is 0 Å². The summed E-state index contributed by atoms with van der Waals surface area (Å²) in [6, 6.07) is 24.2. The zero-order valence-electron chi connectivity index (χ0n) is 17.4. The quantitative estimate of drug-likeness (QED) is 0.399. The van der Waals surface area contributed by atoms with Crippen LogP contribution in [0, 0.1) is 11.2 Å². The molecule has 1 heterocycles. The minimum absolute atomic E-state index is 0.0905. The van der Waals surface area contributed by atoms with E-state index >= 15 is 0 Å². The zero-order valence-corrected chi connectivity index (χ0v) is 19.9. The van der Waals surface area contributed by atoms with Crippen molar-refractivity contribution in [1.29, 1.82) is 0 Å². The van der Waals surface area contributed by atoms with Crippen molar-refractivity contribution >= 4 is 42.6 Å². The summed E-state index contributed by atoms with van der Waals surface area (Å²) in [5.41, 5.74) is 3.23. The first kappa shape index (κ1) is 21.8. The predicted octanol–water partition coefficient (Wildman–Crippen LogP) is 5.71. The fourth-order valence-corrected chi connectivity index (χ4v) is 6.69. The normalized spacial score (nSPS) is 18.7. The average Bonchev–Trinajstić information content (AvgIpc) is 2.95. The molecule has 0 fully saturated rings. The Morgan fingerprint density at radius 3 is 2.39 bits per heavy atom. The van der Waals surface area contributed by atoms with Gasteiger partial charge in [0.1, 0.15) is 0 Å². The molecule has 0 saturated heterocycles. The van der Waals surface area contributed by atoms with Gasteiger partial charge in [-0.3, -0.25) is 0 Å². The van der Waals surface area contributed by atoms with E-state index in [2.05, 4.69) is 6.07 Å².